The molecule has 0 unspecified atom stereocenters. The van der Waals surface area contributed by atoms with Gasteiger partial charge in [0.25, 0.3) is 0 Å². The number of hydrogen-bond donors (Lipinski definition) is 0. The highest BCUT2D eigenvalue weighted by Gasteiger charge is 2.21. The molecule has 0 atom stereocenters. The molecule has 0 saturated heterocycles. The second kappa shape index (κ2) is 16.2. The van der Waals surface area contributed by atoms with Gasteiger partial charge in [0.05, 0.1) is 5.69 Å². The molecule has 70 heavy (non-hydrogen) atoms. The van der Waals surface area contributed by atoms with Crippen LogP contribution in [0.1, 0.15) is 0 Å². The van der Waals surface area contributed by atoms with E-state index in [4.69, 9.17) is 4.42 Å². The molecule has 0 aliphatic heterocycles. The zero-order valence-electron chi connectivity index (χ0n) is 38.2. The van der Waals surface area contributed by atoms with Crippen molar-refractivity contribution in [2.75, 3.05) is 4.90 Å². The number of benzene rings is 13. The van der Waals surface area contributed by atoms with E-state index in [1.54, 1.807) is 0 Å². The molecular formula is C68H43NO. The average molecular weight is 890 g/mol. The van der Waals surface area contributed by atoms with Crippen LogP contribution in [0.3, 0.4) is 0 Å². The van der Waals surface area contributed by atoms with E-state index in [0.717, 1.165) is 61.1 Å². The molecule has 326 valence electrons. The fourth-order valence-corrected chi connectivity index (χ4v) is 11.2. The Kier molecular flexibility index (Phi) is 9.25. The lowest BCUT2D eigenvalue weighted by Gasteiger charge is -2.28. The van der Waals surface area contributed by atoms with Gasteiger partial charge < -0.3 is 9.32 Å². The maximum Gasteiger partial charge on any atom is 0.143 e. The molecule has 2 nitrogen and oxygen atoms in total. The summed E-state index contributed by atoms with van der Waals surface area (Å²) in [6.45, 7) is 0. The maximum absolute atomic E-state index is 6.66. The lowest BCUT2D eigenvalue weighted by molar-refractivity contribution is 0.673. The fourth-order valence-electron chi connectivity index (χ4n) is 11.2. The quantitative estimate of drug-likeness (QED) is 0.148. The molecule has 0 spiro atoms. The number of fused-ring (bicyclic) bond motifs is 11. The summed E-state index contributed by atoms with van der Waals surface area (Å²) in [4.78, 5) is 2.43. The third-order valence-electron chi connectivity index (χ3n) is 14.4. The van der Waals surface area contributed by atoms with Crippen LogP contribution in [0.5, 0.6) is 0 Å². The van der Waals surface area contributed by atoms with Crippen molar-refractivity contribution in [3.8, 4) is 44.5 Å². The summed E-state index contributed by atoms with van der Waals surface area (Å²) >= 11 is 0. The van der Waals surface area contributed by atoms with Crippen LogP contribution in [-0.4, -0.2) is 0 Å². The molecule has 1 aromatic heterocycles. The van der Waals surface area contributed by atoms with Gasteiger partial charge in [0, 0.05) is 32.9 Å². The fraction of sp³-hybridized carbons (Fsp3) is 0. The van der Waals surface area contributed by atoms with Crippen LogP contribution in [0, 0.1) is 0 Å². The minimum absolute atomic E-state index is 0.886. The van der Waals surface area contributed by atoms with Crippen LogP contribution in [-0.2, 0) is 0 Å². The van der Waals surface area contributed by atoms with Crippen LogP contribution < -0.4 is 4.90 Å². The summed E-state index contributed by atoms with van der Waals surface area (Å²) in [5.41, 5.74) is 14.6. The zero-order chi connectivity index (χ0) is 46.1. The van der Waals surface area contributed by atoms with Gasteiger partial charge in [0.2, 0.25) is 0 Å². The van der Waals surface area contributed by atoms with E-state index in [0.29, 0.717) is 0 Å². The van der Waals surface area contributed by atoms with Crippen molar-refractivity contribution < 1.29 is 4.42 Å². The first-order valence-corrected chi connectivity index (χ1v) is 24.1. The molecule has 0 saturated carbocycles. The molecular weight excluding hydrogens is 847 g/mol. The predicted molar refractivity (Wildman–Crippen MR) is 298 cm³/mol. The van der Waals surface area contributed by atoms with E-state index >= 15 is 0 Å². The number of furan rings is 1. The van der Waals surface area contributed by atoms with Crippen molar-refractivity contribution in [3.05, 3.63) is 261 Å². The second-order valence-electron chi connectivity index (χ2n) is 18.3. The SMILES string of the molecule is c1ccc(-c2c(-c3ccccc3)c3cc(-c4ccc(N(c5cccc(-c6cccc7oc8c9ccccc9ccc8c67)c5)c5cccc6c5ccc5ccccc56)cc4)ccc3c3ccccc23)cc1. The minimum Gasteiger partial charge on any atom is -0.455 e. The number of rotatable bonds is 7. The minimum atomic E-state index is 0.886. The maximum atomic E-state index is 6.66. The Morgan fingerprint density at radius 2 is 0.814 bits per heavy atom. The van der Waals surface area contributed by atoms with Crippen molar-refractivity contribution in [3.63, 3.8) is 0 Å². The zero-order valence-corrected chi connectivity index (χ0v) is 38.2. The smallest absolute Gasteiger partial charge is 0.143 e. The van der Waals surface area contributed by atoms with Gasteiger partial charge in [-0.25, -0.2) is 0 Å². The first-order valence-electron chi connectivity index (χ1n) is 24.1. The van der Waals surface area contributed by atoms with Crippen molar-refractivity contribution in [1.82, 2.24) is 0 Å². The number of nitrogens with zero attached hydrogens (tertiary/aromatic N) is 1. The third-order valence-corrected chi connectivity index (χ3v) is 14.4. The van der Waals surface area contributed by atoms with E-state index < -0.39 is 0 Å². The molecule has 13 aromatic carbocycles. The molecule has 14 aromatic rings. The molecule has 2 heteroatoms. The molecule has 0 fully saturated rings. The summed E-state index contributed by atoms with van der Waals surface area (Å²) in [5, 5.41) is 14.4. The Labute approximate surface area is 405 Å². The van der Waals surface area contributed by atoms with Crippen LogP contribution >= 0.6 is 0 Å². The van der Waals surface area contributed by atoms with E-state index in [2.05, 4.69) is 266 Å². The normalized spacial score (nSPS) is 11.7. The standard InChI is InChI=1S/C68H43NO/c1-3-18-47(19-4-1)65-60-27-12-11-26-57(60)58-39-36-49(43-62(58)66(65)48-20-5-2-6-21-48)44-32-37-51(38-33-44)69(63-30-14-29-56-53-24-9-7-16-45(53)34-40-59(56)63)52-23-13-22-50(42-52)54-28-15-31-64-67(54)61-41-35-46-17-8-10-25-55(46)68(61)70-64/h1-43H. The Hall–Kier alpha value is -9.24. The van der Waals surface area contributed by atoms with E-state index in [9.17, 15) is 0 Å². The number of anilines is 3. The summed E-state index contributed by atoms with van der Waals surface area (Å²) < 4.78 is 6.66. The molecule has 0 amide bonds. The van der Waals surface area contributed by atoms with Gasteiger partial charge >= 0.3 is 0 Å². The lowest BCUT2D eigenvalue weighted by Crippen LogP contribution is -2.10. The lowest BCUT2D eigenvalue weighted by atomic mass is 9.84. The highest BCUT2D eigenvalue weighted by molar-refractivity contribution is 6.23. The Morgan fingerprint density at radius 1 is 0.271 bits per heavy atom. The van der Waals surface area contributed by atoms with E-state index in [1.165, 1.54) is 76.3 Å². The predicted octanol–water partition coefficient (Wildman–Crippen LogP) is 19.5. The van der Waals surface area contributed by atoms with Crippen molar-refractivity contribution in [2.24, 2.45) is 0 Å². The first kappa shape index (κ1) is 39.9. The molecule has 0 radical (unpaired) electrons. The highest BCUT2D eigenvalue weighted by Crippen LogP contribution is 2.47. The Bertz CT molecular complexity index is 4340. The van der Waals surface area contributed by atoms with E-state index in [-0.39, 0.29) is 0 Å². The van der Waals surface area contributed by atoms with Gasteiger partial charge in [0.15, 0.2) is 0 Å². The van der Waals surface area contributed by atoms with Crippen molar-refractivity contribution >= 4 is 92.9 Å². The second-order valence-corrected chi connectivity index (χ2v) is 18.3. The summed E-state index contributed by atoms with van der Waals surface area (Å²) in [6.07, 6.45) is 0. The van der Waals surface area contributed by atoms with E-state index in [1.807, 2.05) is 0 Å². The van der Waals surface area contributed by atoms with Crippen molar-refractivity contribution in [2.45, 2.75) is 0 Å². The van der Waals surface area contributed by atoms with Gasteiger partial charge in [0.1, 0.15) is 11.2 Å². The molecule has 0 aliphatic carbocycles. The summed E-state index contributed by atoms with van der Waals surface area (Å²) in [5.74, 6) is 0. The average Bonchev–Trinajstić information content (AvgIpc) is 3.83. The first-order chi connectivity index (χ1) is 34.7. The van der Waals surface area contributed by atoms with Crippen LogP contribution in [0.15, 0.2) is 265 Å². The third kappa shape index (κ3) is 6.42. The van der Waals surface area contributed by atoms with Crippen molar-refractivity contribution in [1.29, 1.82) is 0 Å². The molecule has 1 heterocycles. The topological polar surface area (TPSA) is 16.4 Å². The molecule has 0 bridgehead atoms. The van der Waals surface area contributed by atoms with Crippen LogP contribution in [0.2, 0.25) is 0 Å². The Balaban J connectivity index is 0.946. The highest BCUT2D eigenvalue weighted by atomic mass is 16.3. The molecule has 14 rings (SSSR count). The monoisotopic (exact) mass is 889 g/mol. The molecule has 0 aliphatic rings. The van der Waals surface area contributed by atoms with Gasteiger partial charge in [-0.3, -0.25) is 0 Å². The summed E-state index contributed by atoms with van der Waals surface area (Å²) in [6, 6.07) is 95.1. The number of hydrogen-bond acceptors (Lipinski definition) is 2. The largest absolute Gasteiger partial charge is 0.455 e. The van der Waals surface area contributed by atoms with Gasteiger partial charge in [-0.2, -0.15) is 0 Å². The van der Waals surface area contributed by atoms with Gasteiger partial charge in [-0.05, 0) is 136 Å². The molecule has 0 N–H and O–H groups in total. The summed E-state index contributed by atoms with van der Waals surface area (Å²) in [7, 11) is 0. The van der Waals surface area contributed by atoms with Crippen LogP contribution in [0.25, 0.3) is 120 Å². The van der Waals surface area contributed by atoms with Gasteiger partial charge in [-0.15, -0.1) is 0 Å². The van der Waals surface area contributed by atoms with Gasteiger partial charge in [-0.1, -0.05) is 212 Å². The Morgan fingerprint density at radius 3 is 1.59 bits per heavy atom. The van der Waals surface area contributed by atoms with Crippen LogP contribution in [0.4, 0.5) is 17.1 Å².